The number of hydrogen-bond acceptors (Lipinski definition) is 3. The molecule has 0 spiro atoms. The zero-order valence-corrected chi connectivity index (χ0v) is 18.2. The molecule has 6 nitrogen and oxygen atoms in total. The topological polar surface area (TPSA) is 57.2 Å². The van der Waals surface area contributed by atoms with Crippen LogP contribution in [0.3, 0.4) is 0 Å². The molecule has 0 atom stereocenters. The maximum Gasteiger partial charge on any atom is 0.409 e. The van der Waals surface area contributed by atoms with Crippen molar-refractivity contribution in [2.75, 3.05) is 39.8 Å². The number of piperazine rings is 1. The molecule has 1 aromatic rings. The summed E-state index contributed by atoms with van der Waals surface area (Å²) in [4.78, 5) is 19.7. The third-order valence-corrected chi connectivity index (χ3v) is 4.26. The van der Waals surface area contributed by atoms with Crippen LogP contribution in [0.25, 0.3) is 0 Å². The molecule has 2 rings (SSSR count). The Balaban J connectivity index is 0.00000312. The van der Waals surface area contributed by atoms with Crippen molar-refractivity contribution in [2.45, 2.75) is 13.5 Å². The van der Waals surface area contributed by atoms with E-state index in [2.05, 4.69) is 26.2 Å². The Labute approximate surface area is 172 Å². The van der Waals surface area contributed by atoms with E-state index in [4.69, 9.17) is 4.74 Å². The molecular formula is C16H23BrFIN4O2. The normalized spacial score (nSPS) is 14.8. The first kappa shape index (κ1) is 21.9. The fourth-order valence-corrected chi connectivity index (χ4v) is 2.82. The van der Waals surface area contributed by atoms with Crippen molar-refractivity contribution in [3.63, 3.8) is 0 Å². The van der Waals surface area contributed by atoms with Crippen LogP contribution >= 0.6 is 39.9 Å². The number of rotatable bonds is 3. The summed E-state index contributed by atoms with van der Waals surface area (Å²) < 4.78 is 19.6. The maximum atomic E-state index is 13.9. The van der Waals surface area contributed by atoms with Crippen molar-refractivity contribution in [2.24, 2.45) is 4.99 Å². The van der Waals surface area contributed by atoms with Gasteiger partial charge in [0.25, 0.3) is 0 Å². The minimum Gasteiger partial charge on any atom is -0.450 e. The Hall–Kier alpha value is -1.10. The average Bonchev–Trinajstić information content (AvgIpc) is 2.58. The quantitative estimate of drug-likeness (QED) is 0.372. The van der Waals surface area contributed by atoms with Crippen LogP contribution < -0.4 is 5.32 Å². The van der Waals surface area contributed by atoms with E-state index in [9.17, 15) is 9.18 Å². The van der Waals surface area contributed by atoms with Gasteiger partial charge in [0.15, 0.2) is 5.96 Å². The molecule has 1 saturated heterocycles. The van der Waals surface area contributed by atoms with E-state index in [-0.39, 0.29) is 35.9 Å². The van der Waals surface area contributed by atoms with Crippen molar-refractivity contribution in [1.82, 2.24) is 15.1 Å². The summed E-state index contributed by atoms with van der Waals surface area (Å²) in [5.41, 5.74) is 0.574. The van der Waals surface area contributed by atoms with Gasteiger partial charge in [0.05, 0.1) is 6.61 Å². The van der Waals surface area contributed by atoms with Gasteiger partial charge in [0.2, 0.25) is 0 Å². The van der Waals surface area contributed by atoms with E-state index < -0.39 is 0 Å². The van der Waals surface area contributed by atoms with Crippen molar-refractivity contribution in [3.05, 3.63) is 34.1 Å². The van der Waals surface area contributed by atoms with Crippen molar-refractivity contribution < 1.29 is 13.9 Å². The molecule has 0 unspecified atom stereocenters. The monoisotopic (exact) mass is 528 g/mol. The molecule has 1 aliphatic heterocycles. The molecule has 9 heteroatoms. The van der Waals surface area contributed by atoms with Gasteiger partial charge in [-0.25, -0.2) is 9.18 Å². The highest BCUT2D eigenvalue weighted by atomic mass is 127. The molecule has 1 N–H and O–H groups in total. The van der Waals surface area contributed by atoms with Crippen LogP contribution in [0.4, 0.5) is 9.18 Å². The van der Waals surface area contributed by atoms with Crippen molar-refractivity contribution >= 4 is 52.0 Å². The molecule has 0 aliphatic carbocycles. The predicted octanol–water partition coefficient (Wildman–Crippen LogP) is 3.06. The van der Waals surface area contributed by atoms with Crippen LogP contribution in [0, 0.1) is 5.82 Å². The number of nitrogens with one attached hydrogen (secondary N) is 1. The van der Waals surface area contributed by atoms with Crippen LogP contribution in [0.5, 0.6) is 0 Å². The number of guanidine groups is 1. The largest absolute Gasteiger partial charge is 0.450 e. The smallest absolute Gasteiger partial charge is 0.409 e. The second kappa shape index (κ2) is 10.8. The number of ether oxygens (including phenoxy) is 1. The van der Waals surface area contributed by atoms with E-state index in [1.54, 1.807) is 31.0 Å². The number of benzene rings is 1. The molecule has 140 valence electrons. The Bertz CT molecular complexity index is 610. The summed E-state index contributed by atoms with van der Waals surface area (Å²) in [6, 6.07) is 4.98. The van der Waals surface area contributed by atoms with Crippen molar-refractivity contribution in [1.29, 1.82) is 0 Å². The van der Waals surface area contributed by atoms with E-state index in [1.807, 2.05) is 4.90 Å². The third-order valence-electron chi connectivity index (χ3n) is 3.77. The lowest BCUT2D eigenvalue weighted by molar-refractivity contribution is 0.0914. The second-order valence-electron chi connectivity index (χ2n) is 5.31. The Morgan fingerprint density at radius 1 is 1.32 bits per heavy atom. The molecular weight excluding hydrogens is 506 g/mol. The number of amides is 1. The molecule has 0 saturated carbocycles. The van der Waals surface area contributed by atoms with E-state index >= 15 is 0 Å². The highest BCUT2D eigenvalue weighted by molar-refractivity contribution is 14.0. The Kier molecular flexibility index (Phi) is 9.47. The van der Waals surface area contributed by atoms with E-state index in [0.717, 1.165) is 0 Å². The first-order valence-corrected chi connectivity index (χ1v) is 8.65. The molecule has 0 radical (unpaired) electrons. The van der Waals surface area contributed by atoms with Gasteiger partial charge in [0.1, 0.15) is 5.82 Å². The van der Waals surface area contributed by atoms with Crippen LogP contribution in [0.15, 0.2) is 27.7 Å². The Morgan fingerprint density at radius 3 is 2.52 bits per heavy atom. The number of carbonyl (C=O) groups is 1. The van der Waals surface area contributed by atoms with Crippen LogP contribution in [-0.4, -0.2) is 61.7 Å². The summed E-state index contributed by atoms with van der Waals surface area (Å²) in [6.07, 6.45) is -0.281. The number of nitrogens with zero attached hydrogens (tertiary/aromatic N) is 3. The molecule has 0 bridgehead atoms. The van der Waals surface area contributed by atoms with E-state index in [0.29, 0.717) is 55.3 Å². The van der Waals surface area contributed by atoms with Crippen LogP contribution in [0.2, 0.25) is 0 Å². The standard InChI is InChI=1S/C16H22BrFN4O2.HI/c1-3-24-16(23)22-8-6-21(7-9-22)15(19-2)20-11-12-4-5-13(17)10-14(12)18;/h4-5,10H,3,6-9,11H2,1-2H3,(H,19,20);1H. The molecule has 1 heterocycles. The fourth-order valence-electron chi connectivity index (χ4n) is 2.49. The van der Waals surface area contributed by atoms with Crippen molar-refractivity contribution in [3.8, 4) is 0 Å². The average molecular weight is 529 g/mol. The molecule has 25 heavy (non-hydrogen) atoms. The zero-order chi connectivity index (χ0) is 17.5. The molecule has 1 fully saturated rings. The summed E-state index contributed by atoms with van der Waals surface area (Å²) in [5, 5.41) is 3.17. The predicted molar refractivity (Wildman–Crippen MR) is 110 cm³/mol. The third kappa shape index (κ3) is 6.28. The van der Waals surface area contributed by atoms with Crippen LogP contribution in [-0.2, 0) is 11.3 Å². The summed E-state index contributed by atoms with van der Waals surface area (Å²) >= 11 is 3.25. The van der Waals surface area contributed by atoms with Gasteiger partial charge >= 0.3 is 6.09 Å². The van der Waals surface area contributed by atoms with Gasteiger partial charge in [-0.05, 0) is 19.1 Å². The molecule has 0 aromatic heterocycles. The summed E-state index contributed by atoms with van der Waals surface area (Å²) in [6.45, 7) is 4.98. The molecule has 1 amide bonds. The summed E-state index contributed by atoms with van der Waals surface area (Å²) in [5.74, 6) is 0.431. The minimum absolute atomic E-state index is 0. The van der Waals surface area contributed by atoms with Gasteiger partial charge in [-0.3, -0.25) is 4.99 Å². The highest BCUT2D eigenvalue weighted by Crippen LogP contribution is 2.15. The van der Waals surface area contributed by atoms with Gasteiger partial charge < -0.3 is 19.9 Å². The van der Waals surface area contributed by atoms with Gasteiger partial charge in [0, 0.05) is 49.8 Å². The lowest BCUT2D eigenvalue weighted by atomic mass is 10.2. The van der Waals surface area contributed by atoms with Gasteiger partial charge in [-0.2, -0.15) is 0 Å². The lowest BCUT2D eigenvalue weighted by Gasteiger charge is -2.35. The number of carbonyl (C=O) groups excluding carboxylic acids is 1. The van der Waals surface area contributed by atoms with Crippen LogP contribution in [0.1, 0.15) is 12.5 Å². The zero-order valence-electron chi connectivity index (χ0n) is 14.3. The highest BCUT2D eigenvalue weighted by Gasteiger charge is 2.23. The minimum atomic E-state index is -0.281. The fraction of sp³-hybridized carbons (Fsp3) is 0.500. The second-order valence-corrected chi connectivity index (χ2v) is 6.23. The summed E-state index contributed by atoms with van der Waals surface area (Å²) in [7, 11) is 1.69. The first-order chi connectivity index (χ1) is 11.5. The number of hydrogen-bond donors (Lipinski definition) is 1. The molecule has 1 aromatic carbocycles. The maximum absolute atomic E-state index is 13.9. The van der Waals surface area contributed by atoms with E-state index in [1.165, 1.54) is 6.07 Å². The van der Waals surface area contributed by atoms with Gasteiger partial charge in [-0.15, -0.1) is 24.0 Å². The molecule has 1 aliphatic rings. The number of aliphatic imine (C=N–C) groups is 1. The number of halogens is 3. The SMILES string of the molecule is CCOC(=O)N1CCN(C(=NC)NCc2ccc(Br)cc2F)CC1.I. The van der Waals surface area contributed by atoms with Gasteiger partial charge in [-0.1, -0.05) is 22.0 Å². The lowest BCUT2D eigenvalue weighted by Crippen LogP contribution is -2.53. The first-order valence-electron chi connectivity index (χ1n) is 7.86. The Morgan fingerprint density at radius 2 is 1.96 bits per heavy atom.